The Kier molecular flexibility index (Phi) is 12.4. The molecule has 0 saturated carbocycles. The van der Waals surface area contributed by atoms with Crippen molar-refractivity contribution in [2.75, 3.05) is 0 Å². The number of nitrogens with two attached hydrogens (primary N) is 2. The Morgan fingerprint density at radius 1 is 0.812 bits per heavy atom. The minimum atomic E-state index is -1.67. The third-order valence-electron chi connectivity index (χ3n) is 4.48. The van der Waals surface area contributed by atoms with Gasteiger partial charge >= 0.3 is 5.97 Å². The van der Waals surface area contributed by atoms with Crippen LogP contribution in [0.25, 0.3) is 0 Å². The lowest BCUT2D eigenvalue weighted by molar-refractivity contribution is -0.145. The molecule has 0 aromatic heterocycles. The van der Waals surface area contributed by atoms with Crippen LogP contribution in [-0.2, 0) is 24.0 Å². The molecule has 0 rings (SSSR count). The summed E-state index contributed by atoms with van der Waals surface area (Å²) in [6, 6.07) is -5.51. The molecule has 6 atom stereocenters. The average Bonchev–Trinajstić information content (AvgIpc) is 2.65. The molecule has 0 fully saturated rings. The second kappa shape index (κ2) is 13.6. The standard InChI is InChI=1S/C19H35N5O8/c1-8(2)7-11(20)16(28)23-14(9(3)25)18(30)22-12(5-6-13(21)27)17(29)24-15(10(4)26)19(31)32/h8-12,14-15,25-26H,5-7,20H2,1-4H3,(H2,21,27)(H,22,30)(H,23,28)(H,24,29)(H,31,32). The van der Waals surface area contributed by atoms with Gasteiger partial charge in [0.25, 0.3) is 0 Å². The van der Waals surface area contributed by atoms with Crippen molar-refractivity contribution in [2.45, 2.75) is 83.3 Å². The van der Waals surface area contributed by atoms with Gasteiger partial charge in [-0.25, -0.2) is 4.79 Å². The largest absolute Gasteiger partial charge is 0.480 e. The fourth-order valence-corrected chi connectivity index (χ4v) is 2.74. The maximum Gasteiger partial charge on any atom is 0.328 e. The fraction of sp³-hybridized carbons (Fsp3) is 0.737. The zero-order valence-corrected chi connectivity index (χ0v) is 18.7. The van der Waals surface area contributed by atoms with Gasteiger partial charge in [0.1, 0.15) is 12.1 Å². The Labute approximate surface area is 186 Å². The fourth-order valence-electron chi connectivity index (χ4n) is 2.74. The first kappa shape index (κ1) is 29.2. The zero-order valence-electron chi connectivity index (χ0n) is 18.7. The Bertz CT molecular complexity index is 683. The average molecular weight is 462 g/mol. The van der Waals surface area contributed by atoms with Crippen molar-refractivity contribution in [3.8, 4) is 0 Å². The van der Waals surface area contributed by atoms with E-state index < -0.39 is 66.0 Å². The lowest BCUT2D eigenvalue weighted by atomic mass is 10.0. The molecule has 13 nitrogen and oxygen atoms in total. The number of amides is 4. The van der Waals surface area contributed by atoms with E-state index in [9.17, 15) is 34.2 Å². The Morgan fingerprint density at radius 3 is 1.72 bits per heavy atom. The van der Waals surface area contributed by atoms with Crippen LogP contribution in [0.1, 0.15) is 47.0 Å². The number of carboxylic acids is 1. The number of primary amides is 1. The van der Waals surface area contributed by atoms with Gasteiger partial charge in [-0.2, -0.15) is 0 Å². The van der Waals surface area contributed by atoms with E-state index in [1.54, 1.807) is 0 Å². The normalized spacial score (nSPS) is 16.8. The first-order valence-corrected chi connectivity index (χ1v) is 10.2. The summed E-state index contributed by atoms with van der Waals surface area (Å²) in [6.45, 7) is 6.09. The van der Waals surface area contributed by atoms with Gasteiger partial charge in [0.2, 0.25) is 23.6 Å². The monoisotopic (exact) mass is 461 g/mol. The summed E-state index contributed by atoms with van der Waals surface area (Å²) in [5.41, 5.74) is 10.9. The molecule has 0 aromatic rings. The van der Waals surface area contributed by atoms with Crippen LogP contribution < -0.4 is 27.4 Å². The first-order chi connectivity index (χ1) is 14.7. The van der Waals surface area contributed by atoms with Crippen LogP contribution in [0.15, 0.2) is 0 Å². The van der Waals surface area contributed by atoms with Crippen LogP contribution in [0.3, 0.4) is 0 Å². The smallest absolute Gasteiger partial charge is 0.328 e. The molecule has 6 unspecified atom stereocenters. The van der Waals surface area contributed by atoms with Crippen LogP contribution >= 0.6 is 0 Å². The molecule has 0 heterocycles. The van der Waals surface area contributed by atoms with Gasteiger partial charge in [0.05, 0.1) is 18.2 Å². The van der Waals surface area contributed by atoms with Crippen LogP contribution in [0.4, 0.5) is 0 Å². The molecule has 10 N–H and O–H groups in total. The summed E-state index contributed by atoms with van der Waals surface area (Å²) < 4.78 is 0. The highest BCUT2D eigenvalue weighted by molar-refractivity contribution is 5.94. The van der Waals surface area contributed by atoms with E-state index in [0.717, 1.165) is 6.92 Å². The third kappa shape index (κ3) is 10.5. The Balaban J connectivity index is 5.48. The number of rotatable bonds is 14. The SMILES string of the molecule is CC(C)CC(N)C(=O)NC(C(=O)NC(CCC(N)=O)C(=O)NC(C(=O)O)C(C)O)C(C)O. The third-order valence-corrected chi connectivity index (χ3v) is 4.48. The summed E-state index contributed by atoms with van der Waals surface area (Å²) in [5.74, 6) is -4.83. The number of aliphatic hydroxyl groups excluding tert-OH is 2. The van der Waals surface area contributed by atoms with Crippen LogP contribution in [0.5, 0.6) is 0 Å². The number of aliphatic carboxylic acids is 1. The number of carbonyl (C=O) groups is 5. The number of carboxylic acid groups (broad SMARTS) is 1. The zero-order chi connectivity index (χ0) is 25.2. The van der Waals surface area contributed by atoms with Crippen molar-refractivity contribution in [1.29, 1.82) is 0 Å². The van der Waals surface area contributed by atoms with E-state index in [1.807, 2.05) is 13.8 Å². The predicted octanol–water partition coefficient (Wildman–Crippen LogP) is -3.07. The summed E-state index contributed by atoms with van der Waals surface area (Å²) in [5, 5.41) is 35.3. The molecule has 32 heavy (non-hydrogen) atoms. The summed E-state index contributed by atoms with van der Waals surface area (Å²) >= 11 is 0. The van der Waals surface area contributed by atoms with Gasteiger partial charge in [-0.05, 0) is 32.6 Å². The number of carbonyl (C=O) groups excluding carboxylic acids is 4. The maximum atomic E-state index is 12.7. The summed E-state index contributed by atoms with van der Waals surface area (Å²) in [6.07, 6.45) is -3.09. The van der Waals surface area contributed by atoms with Gasteiger partial charge in [0, 0.05) is 6.42 Å². The van der Waals surface area contributed by atoms with Crippen LogP contribution in [0.2, 0.25) is 0 Å². The van der Waals surface area contributed by atoms with Crippen LogP contribution in [-0.4, -0.2) is 81.3 Å². The summed E-state index contributed by atoms with van der Waals surface area (Å²) in [7, 11) is 0. The van der Waals surface area contributed by atoms with E-state index in [0.29, 0.717) is 6.42 Å². The highest BCUT2D eigenvalue weighted by Gasteiger charge is 2.33. The maximum absolute atomic E-state index is 12.7. The minimum absolute atomic E-state index is 0.104. The van der Waals surface area contributed by atoms with E-state index in [-0.39, 0.29) is 18.8 Å². The molecule has 0 aliphatic heterocycles. The molecule has 0 radical (unpaired) electrons. The molecule has 184 valence electrons. The molecular formula is C19H35N5O8. The molecular weight excluding hydrogens is 426 g/mol. The van der Waals surface area contributed by atoms with Gasteiger partial charge in [-0.3, -0.25) is 19.2 Å². The van der Waals surface area contributed by atoms with Crippen molar-refractivity contribution >= 4 is 29.6 Å². The van der Waals surface area contributed by atoms with Crippen LogP contribution in [0, 0.1) is 5.92 Å². The highest BCUT2D eigenvalue weighted by atomic mass is 16.4. The quantitative estimate of drug-likeness (QED) is 0.131. The van der Waals surface area contributed by atoms with Crippen molar-refractivity contribution in [1.82, 2.24) is 16.0 Å². The molecule has 13 heteroatoms. The second-order valence-electron chi connectivity index (χ2n) is 8.09. The van der Waals surface area contributed by atoms with Crippen molar-refractivity contribution in [3.05, 3.63) is 0 Å². The van der Waals surface area contributed by atoms with Crippen molar-refractivity contribution < 1.29 is 39.3 Å². The Hall–Kier alpha value is -2.77. The molecule has 0 aliphatic rings. The van der Waals surface area contributed by atoms with Gasteiger partial charge in [-0.1, -0.05) is 13.8 Å². The van der Waals surface area contributed by atoms with E-state index in [2.05, 4.69) is 16.0 Å². The molecule has 0 bridgehead atoms. The molecule has 0 saturated heterocycles. The minimum Gasteiger partial charge on any atom is -0.480 e. The van der Waals surface area contributed by atoms with Gasteiger partial charge in [0.15, 0.2) is 6.04 Å². The van der Waals surface area contributed by atoms with E-state index >= 15 is 0 Å². The van der Waals surface area contributed by atoms with E-state index in [4.69, 9.17) is 16.6 Å². The Morgan fingerprint density at radius 2 is 1.31 bits per heavy atom. The lowest BCUT2D eigenvalue weighted by Crippen LogP contribution is -2.60. The topological polar surface area (TPSA) is 234 Å². The number of hydrogen-bond donors (Lipinski definition) is 8. The molecule has 0 aromatic carbocycles. The van der Waals surface area contributed by atoms with Gasteiger partial charge < -0.3 is 42.7 Å². The lowest BCUT2D eigenvalue weighted by Gasteiger charge is -2.27. The molecule has 4 amide bonds. The van der Waals surface area contributed by atoms with Gasteiger partial charge in [-0.15, -0.1) is 0 Å². The van der Waals surface area contributed by atoms with Crippen molar-refractivity contribution in [2.24, 2.45) is 17.4 Å². The number of nitrogens with one attached hydrogen (secondary N) is 3. The highest BCUT2D eigenvalue weighted by Crippen LogP contribution is 2.06. The molecule has 0 aliphatic carbocycles. The summed E-state index contributed by atoms with van der Waals surface area (Å²) in [4.78, 5) is 59.8. The van der Waals surface area contributed by atoms with E-state index in [1.165, 1.54) is 6.92 Å². The number of aliphatic hydroxyl groups is 2. The molecule has 0 spiro atoms. The first-order valence-electron chi connectivity index (χ1n) is 10.2. The number of hydrogen-bond acceptors (Lipinski definition) is 8. The second-order valence-corrected chi connectivity index (χ2v) is 8.09. The predicted molar refractivity (Wildman–Crippen MR) is 113 cm³/mol. The van der Waals surface area contributed by atoms with Crippen molar-refractivity contribution in [3.63, 3.8) is 0 Å².